The Kier molecular flexibility index (Phi) is 6.16. The highest BCUT2D eigenvalue weighted by molar-refractivity contribution is 5.89. The van der Waals surface area contributed by atoms with Crippen LogP contribution in [0.15, 0.2) is 11.6 Å². The smallest absolute Gasteiger partial charge is 0.333 e. The summed E-state index contributed by atoms with van der Waals surface area (Å²) in [4.78, 5) is 22.9. The molecule has 1 amide bonds. The van der Waals surface area contributed by atoms with Crippen LogP contribution in [0.2, 0.25) is 0 Å². The quantitative estimate of drug-likeness (QED) is 0.718. The van der Waals surface area contributed by atoms with Crippen LogP contribution < -0.4 is 11.1 Å². The van der Waals surface area contributed by atoms with Gasteiger partial charge in [0, 0.05) is 18.5 Å². The van der Waals surface area contributed by atoms with Crippen LogP contribution in [0.1, 0.15) is 33.6 Å². The molecule has 0 spiro atoms. The van der Waals surface area contributed by atoms with Crippen molar-refractivity contribution in [2.75, 3.05) is 7.11 Å². The number of nitrogens with one attached hydrogen (secondary N) is 1. The van der Waals surface area contributed by atoms with E-state index in [0.29, 0.717) is 12.0 Å². The van der Waals surface area contributed by atoms with Crippen LogP contribution in [0.4, 0.5) is 0 Å². The number of nitrogens with two attached hydrogens (primary N) is 1. The number of amides is 1. The summed E-state index contributed by atoms with van der Waals surface area (Å²) < 4.78 is 10.6. The highest BCUT2D eigenvalue weighted by Crippen LogP contribution is 2.23. The summed E-state index contributed by atoms with van der Waals surface area (Å²) in [6.45, 7) is 5.38. The van der Waals surface area contributed by atoms with Crippen molar-refractivity contribution in [1.82, 2.24) is 5.32 Å². The molecule has 0 radical (unpaired) electrons. The minimum absolute atomic E-state index is 0.0108. The van der Waals surface area contributed by atoms with Crippen molar-refractivity contribution in [2.45, 2.75) is 57.9 Å². The van der Waals surface area contributed by atoms with Gasteiger partial charge < -0.3 is 20.5 Å². The summed E-state index contributed by atoms with van der Waals surface area (Å²) in [5.74, 6) is -0.572. The van der Waals surface area contributed by atoms with Gasteiger partial charge in [-0.2, -0.15) is 0 Å². The van der Waals surface area contributed by atoms with Crippen LogP contribution in [0.3, 0.4) is 0 Å². The number of hydrogen-bond acceptors (Lipinski definition) is 5. The minimum atomic E-state index is -0.424. The van der Waals surface area contributed by atoms with E-state index in [9.17, 15) is 9.59 Å². The average molecular weight is 284 g/mol. The molecule has 1 aliphatic carbocycles. The van der Waals surface area contributed by atoms with Crippen LogP contribution in [-0.4, -0.2) is 43.3 Å². The second-order valence-corrected chi connectivity index (χ2v) is 5.10. The molecule has 0 bridgehead atoms. The maximum atomic E-state index is 11.7. The normalized spacial score (nSPS) is 27.4. The van der Waals surface area contributed by atoms with Gasteiger partial charge in [0.1, 0.15) is 0 Å². The first-order valence-electron chi connectivity index (χ1n) is 6.86. The Hall–Kier alpha value is -1.40. The first kappa shape index (κ1) is 16.7. The van der Waals surface area contributed by atoms with Gasteiger partial charge in [-0.05, 0) is 25.8 Å². The number of ether oxygens (including phenoxy) is 2. The summed E-state index contributed by atoms with van der Waals surface area (Å²) in [5.41, 5.74) is 6.57. The summed E-state index contributed by atoms with van der Waals surface area (Å²) in [5, 5.41) is 2.80. The second-order valence-electron chi connectivity index (χ2n) is 5.10. The molecule has 0 saturated carbocycles. The van der Waals surface area contributed by atoms with E-state index < -0.39 is 12.1 Å². The van der Waals surface area contributed by atoms with Crippen molar-refractivity contribution in [1.29, 1.82) is 0 Å². The predicted molar refractivity (Wildman–Crippen MR) is 74.9 cm³/mol. The number of hydrogen-bond donors (Lipinski definition) is 2. The number of carbonyl (C=O) groups excluding carboxylic acids is 2. The van der Waals surface area contributed by atoms with Crippen molar-refractivity contribution in [2.24, 2.45) is 5.73 Å². The monoisotopic (exact) mass is 284 g/mol. The number of carbonyl (C=O) groups is 2. The van der Waals surface area contributed by atoms with Gasteiger partial charge in [0.05, 0.1) is 25.4 Å². The molecule has 0 saturated heterocycles. The van der Waals surface area contributed by atoms with Crippen molar-refractivity contribution < 1.29 is 19.1 Å². The molecule has 0 heterocycles. The Bertz CT molecular complexity index is 395. The molecule has 4 atom stereocenters. The Morgan fingerprint density at radius 1 is 1.55 bits per heavy atom. The predicted octanol–water partition coefficient (Wildman–Crippen LogP) is 0.505. The Morgan fingerprint density at radius 3 is 2.70 bits per heavy atom. The third-order valence-electron chi connectivity index (χ3n) is 3.42. The summed E-state index contributed by atoms with van der Waals surface area (Å²) in [6.07, 6.45) is 2.49. The van der Waals surface area contributed by atoms with Gasteiger partial charge in [-0.3, -0.25) is 4.79 Å². The van der Waals surface area contributed by atoms with Crippen LogP contribution in [0.5, 0.6) is 0 Å². The van der Waals surface area contributed by atoms with Crippen LogP contribution in [0, 0.1) is 0 Å². The highest BCUT2D eigenvalue weighted by atomic mass is 16.5. The fourth-order valence-electron chi connectivity index (χ4n) is 2.19. The Balaban J connectivity index is 2.96. The van der Waals surface area contributed by atoms with E-state index in [1.165, 1.54) is 14.0 Å². The Morgan fingerprint density at radius 2 is 2.20 bits per heavy atom. The lowest BCUT2D eigenvalue weighted by Crippen LogP contribution is -2.57. The minimum Gasteiger partial charge on any atom is -0.466 e. The molecule has 0 fully saturated rings. The summed E-state index contributed by atoms with van der Waals surface area (Å²) in [7, 11) is 1.33. The average Bonchev–Trinajstić information content (AvgIpc) is 2.40. The third kappa shape index (κ3) is 4.31. The first-order valence-corrected chi connectivity index (χ1v) is 6.86. The molecule has 0 aliphatic heterocycles. The van der Waals surface area contributed by atoms with Crippen molar-refractivity contribution in [3.8, 4) is 0 Å². The van der Waals surface area contributed by atoms with E-state index in [4.69, 9.17) is 15.2 Å². The van der Waals surface area contributed by atoms with E-state index in [0.717, 1.165) is 6.42 Å². The molecule has 1 rings (SSSR count). The molecule has 6 nitrogen and oxygen atoms in total. The number of rotatable bonds is 5. The zero-order chi connectivity index (χ0) is 15.3. The fraction of sp³-hybridized carbons (Fsp3) is 0.714. The van der Waals surface area contributed by atoms with E-state index >= 15 is 0 Å². The molecule has 114 valence electrons. The Labute approximate surface area is 119 Å². The number of esters is 1. The molecule has 20 heavy (non-hydrogen) atoms. The summed E-state index contributed by atoms with van der Waals surface area (Å²) >= 11 is 0. The zero-order valence-electron chi connectivity index (χ0n) is 12.5. The van der Waals surface area contributed by atoms with Crippen molar-refractivity contribution >= 4 is 11.9 Å². The lowest BCUT2D eigenvalue weighted by Gasteiger charge is -2.36. The molecular weight excluding hydrogens is 260 g/mol. The molecule has 3 N–H and O–H groups in total. The molecule has 0 aromatic rings. The molecule has 6 heteroatoms. The van der Waals surface area contributed by atoms with Crippen LogP contribution in [0.25, 0.3) is 0 Å². The standard InChI is InChI=1S/C14H24N2O4/c1-5-8(2)20-12-7-10(14(18)19-4)6-11(15)13(12)16-9(3)17/h7-8,11-13H,5-6,15H2,1-4H3,(H,16,17)/t8-,11+,12-,13-/m1/s1. The maximum Gasteiger partial charge on any atom is 0.333 e. The van der Waals surface area contributed by atoms with Crippen LogP contribution >= 0.6 is 0 Å². The third-order valence-corrected chi connectivity index (χ3v) is 3.42. The van der Waals surface area contributed by atoms with Gasteiger partial charge >= 0.3 is 5.97 Å². The molecule has 0 aromatic heterocycles. The van der Waals surface area contributed by atoms with Gasteiger partial charge in [0.25, 0.3) is 0 Å². The van der Waals surface area contributed by atoms with Crippen molar-refractivity contribution in [3.63, 3.8) is 0 Å². The van der Waals surface area contributed by atoms with Gasteiger partial charge in [0.15, 0.2) is 0 Å². The topological polar surface area (TPSA) is 90.7 Å². The van der Waals surface area contributed by atoms with E-state index in [1.807, 2.05) is 13.8 Å². The van der Waals surface area contributed by atoms with E-state index in [1.54, 1.807) is 6.08 Å². The van der Waals surface area contributed by atoms with Crippen molar-refractivity contribution in [3.05, 3.63) is 11.6 Å². The van der Waals surface area contributed by atoms with Gasteiger partial charge in [0.2, 0.25) is 5.91 Å². The van der Waals surface area contributed by atoms with Gasteiger partial charge in [-0.15, -0.1) is 0 Å². The van der Waals surface area contributed by atoms with Gasteiger partial charge in [-0.1, -0.05) is 6.92 Å². The maximum absolute atomic E-state index is 11.7. The molecule has 0 aromatic carbocycles. The first-order chi connectivity index (χ1) is 9.38. The number of methoxy groups -OCH3 is 1. The SMILES string of the molecule is CC[C@@H](C)O[C@@H]1C=C(C(=O)OC)C[C@H](N)[C@H]1NC(C)=O. The second kappa shape index (κ2) is 7.40. The summed E-state index contributed by atoms with van der Waals surface area (Å²) in [6, 6.07) is -0.720. The highest BCUT2D eigenvalue weighted by Gasteiger charge is 2.35. The fourth-order valence-corrected chi connectivity index (χ4v) is 2.19. The lowest BCUT2D eigenvalue weighted by atomic mass is 9.88. The van der Waals surface area contributed by atoms with E-state index in [-0.39, 0.29) is 24.1 Å². The van der Waals surface area contributed by atoms with Gasteiger partial charge in [-0.25, -0.2) is 4.79 Å². The van der Waals surface area contributed by atoms with Crippen LogP contribution in [-0.2, 0) is 19.1 Å². The largest absolute Gasteiger partial charge is 0.466 e. The zero-order valence-corrected chi connectivity index (χ0v) is 12.5. The lowest BCUT2D eigenvalue weighted by molar-refractivity contribution is -0.136. The molecular formula is C14H24N2O4. The molecule has 0 unspecified atom stereocenters. The molecule has 1 aliphatic rings. The van der Waals surface area contributed by atoms with E-state index in [2.05, 4.69) is 5.32 Å².